The van der Waals surface area contributed by atoms with E-state index in [-0.39, 0.29) is 0 Å². The Morgan fingerprint density at radius 3 is 1.75 bits per heavy atom. The van der Waals surface area contributed by atoms with Crippen LogP contribution in [0.15, 0.2) is 36.4 Å². The minimum absolute atomic E-state index is 0.502. The molecular formula is C12H12N2O2. The molecule has 0 heterocycles. The van der Waals surface area contributed by atoms with Gasteiger partial charge in [-0.3, -0.25) is 9.59 Å². The summed E-state index contributed by atoms with van der Waals surface area (Å²) in [4.78, 5) is 21.1. The lowest BCUT2D eigenvalue weighted by molar-refractivity contribution is -0.114. The quantitative estimate of drug-likeness (QED) is 0.725. The van der Waals surface area contributed by atoms with Crippen molar-refractivity contribution >= 4 is 24.0 Å². The molecule has 0 radical (unpaired) electrons. The van der Waals surface area contributed by atoms with Crippen molar-refractivity contribution < 1.29 is 9.59 Å². The van der Waals surface area contributed by atoms with Crippen molar-refractivity contribution in [3.8, 4) is 0 Å². The lowest BCUT2D eigenvalue weighted by Gasteiger charge is -1.95. The van der Waals surface area contributed by atoms with Crippen LogP contribution in [0.4, 0.5) is 0 Å². The topological polar surface area (TPSA) is 86.2 Å². The predicted octanol–water partition coefficient (Wildman–Crippen LogP) is 0.684. The second-order valence-electron chi connectivity index (χ2n) is 3.14. The van der Waals surface area contributed by atoms with Crippen molar-refractivity contribution in [1.29, 1.82) is 0 Å². The molecule has 0 atom stereocenters. The fourth-order valence-corrected chi connectivity index (χ4v) is 1.12. The first-order chi connectivity index (χ1) is 7.58. The second kappa shape index (κ2) is 5.50. The van der Waals surface area contributed by atoms with Crippen molar-refractivity contribution in [2.75, 3.05) is 0 Å². The smallest absolute Gasteiger partial charge is 0.241 e. The van der Waals surface area contributed by atoms with Gasteiger partial charge in [-0.15, -0.1) is 0 Å². The van der Waals surface area contributed by atoms with Crippen molar-refractivity contribution in [2.24, 2.45) is 11.5 Å². The summed E-state index contributed by atoms with van der Waals surface area (Å²) in [6.45, 7) is 0. The maximum Gasteiger partial charge on any atom is 0.241 e. The predicted molar refractivity (Wildman–Crippen MR) is 62.9 cm³/mol. The molecule has 0 unspecified atom stereocenters. The molecule has 4 N–H and O–H groups in total. The Bertz CT molecular complexity index is 423. The number of amides is 2. The average molecular weight is 216 g/mol. The maximum absolute atomic E-state index is 10.5. The van der Waals surface area contributed by atoms with Gasteiger partial charge in [-0.25, -0.2) is 0 Å². The van der Waals surface area contributed by atoms with Gasteiger partial charge in [-0.1, -0.05) is 18.2 Å². The van der Waals surface area contributed by atoms with Gasteiger partial charge in [0.15, 0.2) is 0 Å². The second-order valence-corrected chi connectivity index (χ2v) is 3.14. The molecule has 0 aliphatic rings. The van der Waals surface area contributed by atoms with E-state index in [4.69, 9.17) is 11.5 Å². The lowest BCUT2D eigenvalue weighted by atomic mass is 10.1. The highest BCUT2D eigenvalue weighted by Gasteiger charge is 1.91. The Balaban J connectivity index is 2.87. The number of carbonyl (C=O) groups is 2. The van der Waals surface area contributed by atoms with Crippen LogP contribution < -0.4 is 11.5 Å². The van der Waals surface area contributed by atoms with Gasteiger partial charge in [-0.2, -0.15) is 0 Å². The Hall–Kier alpha value is -2.36. The van der Waals surface area contributed by atoms with Gasteiger partial charge in [-0.05, 0) is 29.3 Å². The van der Waals surface area contributed by atoms with Crippen molar-refractivity contribution in [1.82, 2.24) is 0 Å². The van der Waals surface area contributed by atoms with E-state index in [1.165, 1.54) is 12.2 Å². The summed E-state index contributed by atoms with van der Waals surface area (Å²) in [5.41, 5.74) is 11.6. The van der Waals surface area contributed by atoms with Crippen LogP contribution in [0.2, 0.25) is 0 Å². The molecule has 1 aromatic rings. The SMILES string of the molecule is NC(=O)C=Cc1cccc(C=CC(N)=O)c1. The summed E-state index contributed by atoms with van der Waals surface area (Å²) in [5, 5.41) is 0. The molecule has 4 nitrogen and oxygen atoms in total. The van der Waals surface area contributed by atoms with E-state index in [1.807, 2.05) is 12.1 Å². The minimum Gasteiger partial charge on any atom is -0.366 e. The average Bonchev–Trinajstić information content (AvgIpc) is 2.24. The highest BCUT2D eigenvalue weighted by atomic mass is 16.1. The van der Waals surface area contributed by atoms with Gasteiger partial charge >= 0.3 is 0 Å². The zero-order valence-corrected chi connectivity index (χ0v) is 8.59. The van der Waals surface area contributed by atoms with Crippen LogP contribution in [0, 0.1) is 0 Å². The largest absolute Gasteiger partial charge is 0.366 e. The van der Waals surface area contributed by atoms with E-state index >= 15 is 0 Å². The van der Waals surface area contributed by atoms with Crippen LogP contribution in [-0.2, 0) is 9.59 Å². The Labute approximate surface area is 93.2 Å². The molecule has 82 valence electrons. The summed E-state index contributed by atoms with van der Waals surface area (Å²) in [6.07, 6.45) is 5.75. The molecule has 0 aromatic heterocycles. The zero-order valence-electron chi connectivity index (χ0n) is 8.59. The summed E-state index contributed by atoms with van der Waals surface area (Å²) < 4.78 is 0. The summed E-state index contributed by atoms with van der Waals surface area (Å²) in [7, 11) is 0. The van der Waals surface area contributed by atoms with Crippen LogP contribution in [0.25, 0.3) is 12.2 Å². The third kappa shape index (κ3) is 4.23. The fourth-order valence-electron chi connectivity index (χ4n) is 1.12. The number of nitrogens with two attached hydrogens (primary N) is 2. The molecule has 0 spiro atoms. The zero-order chi connectivity index (χ0) is 12.0. The summed E-state index contributed by atoms with van der Waals surface area (Å²) >= 11 is 0. The first-order valence-corrected chi connectivity index (χ1v) is 4.63. The Kier molecular flexibility index (Phi) is 4.03. The first-order valence-electron chi connectivity index (χ1n) is 4.63. The van der Waals surface area contributed by atoms with Gasteiger partial charge in [0.25, 0.3) is 0 Å². The number of benzene rings is 1. The number of carbonyl (C=O) groups excluding carboxylic acids is 2. The molecule has 16 heavy (non-hydrogen) atoms. The fraction of sp³-hybridized carbons (Fsp3) is 0. The third-order valence-corrected chi connectivity index (χ3v) is 1.79. The molecule has 0 fully saturated rings. The van der Waals surface area contributed by atoms with E-state index in [2.05, 4.69) is 0 Å². The van der Waals surface area contributed by atoms with E-state index in [9.17, 15) is 9.59 Å². The highest BCUT2D eigenvalue weighted by molar-refractivity contribution is 5.91. The normalized spacial score (nSPS) is 11.0. The number of hydrogen-bond donors (Lipinski definition) is 2. The third-order valence-electron chi connectivity index (χ3n) is 1.79. The highest BCUT2D eigenvalue weighted by Crippen LogP contribution is 2.08. The molecule has 2 amide bonds. The van der Waals surface area contributed by atoms with E-state index in [0.717, 1.165) is 11.1 Å². The molecule has 1 rings (SSSR count). The minimum atomic E-state index is -0.502. The van der Waals surface area contributed by atoms with Gasteiger partial charge in [0.2, 0.25) is 11.8 Å². The molecule has 0 saturated heterocycles. The summed E-state index contributed by atoms with van der Waals surface area (Å²) in [6, 6.07) is 7.25. The van der Waals surface area contributed by atoms with Crippen molar-refractivity contribution in [3.63, 3.8) is 0 Å². The van der Waals surface area contributed by atoms with Gasteiger partial charge in [0.05, 0.1) is 0 Å². The van der Waals surface area contributed by atoms with Gasteiger partial charge in [0, 0.05) is 12.2 Å². The van der Waals surface area contributed by atoms with Crippen molar-refractivity contribution in [3.05, 3.63) is 47.5 Å². The molecular weight excluding hydrogens is 204 g/mol. The maximum atomic E-state index is 10.5. The Morgan fingerprint density at radius 1 is 0.938 bits per heavy atom. The van der Waals surface area contributed by atoms with Crippen LogP contribution >= 0.6 is 0 Å². The molecule has 0 bridgehead atoms. The van der Waals surface area contributed by atoms with E-state index < -0.39 is 11.8 Å². The molecule has 0 aliphatic heterocycles. The van der Waals surface area contributed by atoms with Crippen molar-refractivity contribution in [2.45, 2.75) is 0 Å². The van der Waals surface area contributed by atoms with E-state index in [1.54, 1.807) is 24.3 Å². The number of rotatable bonds is 4. The molecule has 4 heteroatoms. The standard InChI is InChI=1S/C12H12N2O2/c13-11(15)6-4-9-2-1-3-10(8-9)5-7-12(14)16/h1-8H,(H2,13,15)(H2,14,16). The van der Waals surface area contributed by atoms with E-state index in [0.29, 0.717) is 0 Å². The molecule has 1 aromatic carbocycles. The molecule has 0 aliphatic carbocycles. The molecule has 0 saturated carbocycles. The summed E-state index contributed by atoms with van der Waals surface area (Å²) in [5.74, 6) is -1.00. The first kappa shape index (κ1) is 11.7. The Morgan fingerprint density at radius 2 is 1.38 bits per heavy atom. The van der Waals surface area contributed by atoms with Crippen LogP contribution in [-0.4, -0.2) is 11.8 Å². The van der Waals surface area contributed by atoms with Crippen LogP contribution in [0.1, 0.15) is 11.1 Å². The van der Waals surface area contributed by atoms with Gasteiger partial charge < -0.3 is 11.5 Å². The van der Waals surface area contributed by atoms with Gasteiger partial charge in [0.1, 0.15) is 0 Å². The lowest BCUT2D eigenvalue weighted by Crippen LogP contribution is -2.05. The number of hydrogen-bond acceptors (Lipinski definition) is 2. The number of primary amides is 2. The monoisotopic (exact) mass is 216 g/mol. The van der Waals surface area contributed by atoms with Crippen LogP contribution in [0.3, 0.4) is 0 Å². The van der Waals surface area contributed by atoms with Crippen LogP contribution in [0.5, 0.6) is 0 Å².